The molecule has 14 nitrogen and oxygen atoms in total. The fourth-order valence-electron chi connectivity index (χ4n) is 10.4. The van der Waals surface area contributed by atoms with Gasteiger partial charge in [0.1, 0.15) is 5.40 Å². The third kappa shape index (κ3) is 26.1. The number of hydrogen-bond acceptors (Lipinski definition) is 16. The number of Topliss-reactive ketones (excluding diaryl/α,β-unsaturated/α-hetero) is 1. The van der Waals surface area contributed by atoms with E-state index < -0.39 is 11.9 Å². The molecule has 24 heteroatoms. The molecule has 2 aromatic heterocycles. The number of thioether (sulfide) groups is 1. The maximum Gasteiger partial charge on any atom is 1.00 e. The number of anilines is 5. The van der Waals surface area contributed by atoms with Crippen molar-refractivity contribution in [2.24, 2.45) is 17.8 Å². The number of aromatic carboxylic acids is 1. The number of nitrogens with two attached hydrogens (primary N) is 1. The molecular weight excluding hydrogens is 1510 g/mol. The van der Waals surface area contributed by atoms with Crippen LogP contribution in [0.3, 0.4) is 0 Å². The first-order valence-corrected chi connectivity index (χ1v) is 36.8. The van der Waals surface area contributed by atoms with E-state index in [1.165, 1.54) is 14.2 Å². The largest absolute Gasteiger partial charge is 1.00 e. The second-order valence-corrected chi connectivity index (χ2v) is 30.0. The Kier molecular flexibility index (Phi) is 37.1. The summed E-state index contributed by atoms with van der Waals surface area (Å²) in [5.74, 6) is -0.572. The van der Waals surface area contributed by atoms with Crippen LogP contribution < -0.4 is 35.2 Å². The van der Waals surface area contributed by atoms with E-state index in [1.807, 2.05) is 159 Å². The number of nitrogen functional groups attached to an aromatic ring is 1. The van der Waals surface area contributed by atoms with Crippen molar-refractivity contribution in [3.05, 3.63) is 262 Å². The van der Waals surface area contributed by atoms with Crippen molar-refractivity contribution in [1.29, 1.82) is 5.26 Å². The van der Waals surface area contributed by atoms with Gasteiger partial charge in [0.25, 0.3) is 0 Å². The second kappa shape index (κ2) is 43.6. The summed E-state index contributed by atoms with van der Waals surface area (Å²) in [7, 11) is 2.74. The van der Waals surface area contributed by atoms with Crippen molar-refractivity contribution in [3.63, 3.8) is 0 Å². The molecular formula is C82H81Cl6LiN6O8S3. The number of methoxy groups -OCH3 is 2. The summed E-state index contributed by atoms with van der Waals surface area (Å²) in [5.41, 5.74) is 18.6. The first-order chi connectivity index (χ1) is 48.8. The number of hydrogen-bond donors (Lipinski definition) is 4. The third-order valence-corrected chi connectivity index (χ3v) is 20.1. The molecule has 6 N–H and O–H groups in total. The van der Waals surface area contributed by atoms with E-state index in [-0.39, 0.29) is 61.8 Å². The number of thiocyanates is 1. The molecule has 0 bridgehead atoms. The van der Waals surface area contributed by atoms with Gasteiger partial charge in [0.05, 0.1) is 77.7 Å². The van der Waals surface area contributed by atoms with Gasteiger partial charge in [0, 0.05) is 43.5 Å². The summed E-state index contributed by atoms with van der Waals surface area (Å²) in [5, 5.41) is 30.9. The van der Waals surface area contributed by atoms with E-state index in [0.717, 1.165) is 101 Å². The number of nitrogens with zero attached hydrogens (tertiary/aromatic N) is 3. The fraction of sp³-hybridized carbons (Fsp3) is 0.207. The van der Waals surface area contributed by atoms with Crippen molar-refractivity contribution in [3.8, 4) is 61.3 Å². The summed E-state index contributed by atoms with van der Waals surface area (Å²) in [4.78, 5) is 59.8. The first kappa shape index (κ1) is 90.2. The van der Waals surface area contributed by atoms with E-state index in [1.54, 1.807) is 83.3 Å². The summed E-state index contributed by atoms with van der Waals surface area (Å²) >= 11 is 40.6. The standard InChI is InChI=1S/C27H24Cl2N2O2S.C26H22Cl2N2O2S.C14H13NO2.C13H13Cl2NOS.2CH4.Li.H2O/c1-16(2)11-24-25(18-9-10-22(28)23(29)15-18)31-27(34-24)30-21-13-19(17-7-5-4-6-8-17)12-20(14-21)26(32)33-3;1-15(2)10-23-24(17-8-9-21(27)22(28)14-17)30-26(33-23)29-20-12-18(11-19(13-20)25(31)32)16-6-4-3-5-7-16;1-17-14(16)12-7-11(8-13(15)9-12)10-5-3-2-4-6-10;1-8(2)5-12(18-7-16)13(17)9-3-4-10(14)11(15)6-9;;;;/h4-10,12-16H,11H2,1-3H3,(H,30,31);3-9,11-15H,10H2,1-2H3,(H,29,30)(H,31,32);2-9H,15H2,1H3;3-4,6,8,12H,5H2,1-2H3;2*1H4;;1H2/q;;;;;;+1;/p-1. The van der Waals surface area contributed by atoms with Crippen LogP contribution in [0.2, 0.25) is 30.1 Å². The number of rotatable bonds is 21. The van der Waals surface area contributed by atoms with Crippen LogP contribution in [0.4, 0.5) is 27.3 Å². The Labute approximate surface area is 675 Å². The monoisotopic (exact) mass is 1590 g/mol. The summed E-state index contributed by atoms with van der Waals surface area (Å²) < 4.78 is 9.66. The van der Waals surface area contributed by atoms with Crippen LogP contribution in [0.25, 0.3) is 55.9 Å². The average molecular weight is 1590 g/mol. The molecule has 1 atom stereocenters. The molecule has 9 aromatic carbocycles. The van der Waals surface area contributed by atoms with Crippen LogP contribution in [0.15, 0.2) is 200 Å². The number of benzene rings is 9. The predicted octanol–water partition coefficient (Wildman–Crippen LogP) is 22.6. The zero-order chi connectivity index (χ0) is 73.7. The third-order valence-electron chi connectivity index (χ3n) is 15.1. The number of ketones is 1. The normalized spacial score (nSPS) is 10.6. The molecule has 0 aliphatic rings. The van der Waals surface area contributed by atoms with Gasteiger partial charge in [-0.05, 0) is 179 Å². The van der Waals surface area contributed by atoms with Gasteiger partial charge in [-0.15, -0.1) is 22.7 Å². The summed E-state index contributed by atoms with van der Waals surface area (Å²) in [6.45, 7) is 12.7. The van der Waals surface area contributed by atoms with Gasteiger partial charge in [0.15, 0.2) is 16.0 Å². The molecule has 0 saturated heterocycles. The maximum atomic E-state index is 12.3. The molecule has 11 aromatic rings. The average Bonchev–Trinajstić information content (AvgIpc) is 1.63. The van der Waals surface area contributed by atoms with Gasteiger partial charge in [-0.3, -0.25) is 4.79 Å². The van der Waals surface area contributed by atoms with Gasteiger partial charge < -0.3 is 36.4 Å². The minimum Gasteiger partial charge on any atom is -0.870 e. The van der Waals surface area contributed by atoms with E-state index in [2.05, 4.69) is 43.1 Å². The fourth-order valence-corrected chi connectivity index (χ4v) is 14.6. The minimum atomic E-state index is -0.980. The quantitative estimate of drug-likeness (QED) is 0.0172. The smallest absolute Gasteiger partial charge is 0.870 e. The summed E-state index contributed by atoms with van der Waals surface area (Å²) in [6.07, 6.45) is 2.41. The molecule has 0 fully saturated rings. The van der Waals surface area contributed by atoms with Crippen LogP contribution in [-0.2, 0) is 22.3 Å². The number of carbonyl (C=O) groups excluding carboxylic acids is 3. The predicted molar refractivity (Wildman–Crippen MR) is 441 cm³/mol. The number of carboxylic acids is 1. The molecule has 2 heterocycles. The van der Waals surface area contributed by atoms with Crippen LogP contribution in [0.5, 0.6) is 0 Å². The van der Waals surface area contributed by atoms with E-state index in [0.29, 0.717) is 87.5 Å². The molecule has 11 rings (SSSR count). The number of halogens is 6. The number of aromatic nitrogens is 2. The molecule has 106 heavy (non-hydrogen) atoms. The number of nitrogens with one attached hydrogen (secondary N) is 2. The van der Waals surface area contributed by atoms with Crippen molar-refractivity contribution in [1.82, 2.24) is 9.97 Å². The molecule has 548 valence electrons. The molecule has 0 radical (unpaired) electrons. The molecule has 0 aliphatic heterocycles. The number of esters is 2. The molecule has 0 saturated carbocycles. The zero-order valence-corrected chi connectivity index (χ0v) is 65.2. The van der Waals surface area contributed by atoms with E-state index >= 15 is 0 Å². The Morgan fingerprint density at radius 2 is 0.858 bits per heavy atom. The number of carboxylic acid groups (broad SMARTS) is 1. The molecule has 0 aliphatic carbocycles. The van der Waals surface area contributed by atoms with Crippen LogP contribution in [-0.4, -0.2) is 63.7 Å². The SMILES string of the molecule is C.C.CC(C)CC(SC#N)C(=O)c1ccc(Cl)c(Cl)c1.CC(C)Cc1sc(Nc2cc(C(=O)O)cc(-c3ccccc3)c2)nc1-c1ccc(Cl)c(Cl)c1.COC(=O)c1cc(N)cc(-c2ccccc2)c1.COC(=O)c1cc(Nc2nc(-c3ccc(Cl)c(Cl)c3)c(CC(C)C)s2)cc(-c2ccccc2)c1.[Li+].[OH-]. The minimum absolute atomic E-state index is 0. The van der Waals surface area contributed by atoms with Gasteiger partial charge in [-0.2, -0.15) is 5.26 Å². The van der Waals surface area contributed by atoms with E-state index in [4.69, 9.17) is 95.3 Å². The van der Waals surface area contributed by atoms with Crippen molar-refractivity contribution >= 4 is 155 Å². The van der Waals surface area contributed by atoms with Crippen LogP contribution in [0.1, 0.15) is 114 Å². The Bertz CT molecular complexity index is 4790. The second-order valence-electron chi connectivity index (χ2n) is 24.4. The summed E-state index contributed by atoms with van der Waals surface area (Å²) in [6, 6.07) is 61.3. The Hall–Kier alpha value is -8.14. The molecule has 0 amide bonds. The Morgan fingerprint density at radius 3 is 1.23 bits per heavy atom. The van der Waals surface area contributed by atoms with Crippen molar-refractivity contribution < 1.29 is 58.1 Å². The molecule has 0 spiro atoms. The van der Waals surface area contributed by atoms with Crippen LogP contribution in [0, 0.1) is 28.4 Å². The van der Waals surface area contributed by atoms with Gasteiger partial charge in [-0.25, -0.2) is 24.4 Å². The Balaban J connectivity index is 0.000000308. The van der Waals surface area contributed by atoms with Crippen molar-refractivity contribution in [2.45, 2.75) is 80.9 Å². The van der Waals surface area contributed by atoms with Gasteiger partial charge in [0.2, 0.25) is 0 Å². The van der Waals surface area contributed by atoms with Gasteiger partial charge in [-0.1, -0.05) is 229 Å². The topological polar surface area (TPSA) is 237 Å². The van der Waals surface area contributed by atoms with Crippen LogP contribution >= 0.6 is 104 Å². The number of ether oxygens (including phenoxy) is 2. The van der Waals surface area contributed by atoms with Gasteiger partial charge >= 0.3 is 36.8 Å². The molecule has 1 unspecified atom stereocenters. The number of thiazole rings is 2. The van der Waals surface area contributed by atoms with E-state index in [9.17, 15) is 24.3 Å². The number of carbonyl (C=O) groups is 4. The number of nitriles is 1. The maximum absolute atomic E-state index is 12.3. The van der Waals surface area contributed by atoms with Crippen molar-refractivity contribution in [2.75, 3.05) is 30.6 Å². The Morgan fingerprint density at radius 1 is 0.481 bits per heavy atom. The zero-order valence-electron chi connectivity index (χ0n) is 58.2. The first-order valence-electron chi connectivity index (χ1n) is 32.0.